The summed E-state index contributed by atoms with van der Waals surface area (Å²) in [6.45, 7) is -0.540. The number of nitrogens with zero attached hydrogens (tertiary/aromatic N) is 1. The van der Waals surface area contributed by atoms with E-state index in [1.807, 2.05) is 6.07 Å². The highest BCUT2D eigenvalue weighted by Gasteiger charge is 2.19. The van der Waals surface area contributed by atoms with E-state index in [4.69, 9.17) is 4.74 Å². The Balaban J connectivity index is 1.45. The van der Waals surface area contributed by atoms with Gasteiger partial charge in [0.25, 0.3) is 17.5 Å². The highest BCUT2D eigenvalue weighted by molar-refractivity contribution is 7.14. The second kappa shape index (κ2) is 8.61. The summed E-state index contributed by atoms with van der Waals surface area (Å²) >= 11 is 1.39. The number of hydrogen-bond acceptors (Lipinski definition) is 7. The Morgan fingerprint density at radius 1 is 1.11 bits per heavy atom. The molecule has 1 aliphatic rings. The van der Waals surface area contributed by atoms with Crippen LogP contribution in [-0.2, 0) is 22.4 Å². The van der Waals surface area contributed by atoms with E-state index < -0.39 is 29.3 Å². The molecular weight excluding hydrogens is 386 g/mol. The van der Waals surface area contributed by atoms with Crippen LogP contribution >= 0.6 is 11.3 Å². The quantitative estimate of drug-likeness (QED) is 0.447. The summed E-state index contributed by atoms with van der Waals surface area (Å²) < 4.78 is 4.98. The molecule has 0 fully saturated rings. The normalized spacial score (nSPS) is 12.6. The zero-order chi connectivity index (χ0) is 20.1. The van der Waals surface area contributed by atoms with E-state index in [1.165, 1.54) is 46.0 Å². The number of fused-ring (bicyclic) bond motifs is 1. The van der Waals surface area contributed by atoms with Crippen LogP contribution in [0.25, 0.3) is 0 Å². The predicted octanol–water partition coefficient (Wildman–Crippen LogP) is 2.15. The van der Waals surface area contributed by atoms with Gasteiger partial charge in [-0.25, -0.2) is 4.79 Å². The molecule has 0 unspecified atom stereocenters. The SMILES string of the molecule is O=C(COC(=O)c1cc2c(s1)CCCC2)NNC(=O)c1ccc([N+](=O)[O-])cc1. The van der Waals surface area contributed by atoms with E-state index in [9.17, 15) is 24.5 Å². The Labute approximate surface area is 163 Å². The van der Waals surface area contributed by atoms with Crippen molar-refractivity contribution in [2.75, 3.05) is 6.61 Å². The van der Waals surface area contributed by atoms with E-state index in [-0.39, 0.29) is 11.3 Å². The third kappa shape index (κ3) is 4.71. The summed E-state index contributed by atoms with van der Waals surface area (Å²) in [5, 5.41) is 10.6. The van der Waals surface area contributed by atoms with Crippen molar-refractivity contribution >= 4 is 34.8 Å². The molecule has 3 rings (SSSR count). The second-order valence-electron chi connectivity index (χ2n) is 6.15. The van der Waals surface area contributed by atoms with Crippen LogP contribution in [0, 0.1) is 10.1 Å². The number of carbonyl (C=O) groups excluding carboxylic acids is 3. The minimum absolute atomic E-state index is 0.132. The van der Waals surface area contributed by atoms with E-state index >= 15 is 0 Å². The van der Waals surface area contributed by atoms with Gasteiger partial charge in [-0.3, -0.25) is 30.6 Å². The van der Waals surface area contributed by atoms with Gasteiger partial charge in [-0.1, -0.05) is 0 Å². The second-order valence-corrected chi connectivity index (χ2v) is 7.29. The number of non-ortho nitro benzene ring substituents is 1. The number of nitrogens with one attached hydrogen (secondary N) is 2. The van der Waals surface area contributed by atoms with E-state index in [0.29, 0.717) is 4.88 Å². The third-order valence-corrected chi connectivity index (χ3v) is 5.41. The molecule has 9 nitrogen and oxygen atoms in total. The molecule has 10 heteroatoms. The number of nitro groups is 1. The first-order chi connectivity index (χ1) is 13.4. The molecule has 0 aliphatic heterocycles. The molecular formula is C18H17N3O6S. The largest absolute Gasteiger partial charge is 0.451 e. The first kappa shape index (κ1) is 19.5. The molecule has 0 bridgehead atoms. The summed E-state index contributed by atoms with van der Waals surface area (Å²) in [6.07, 6.45) is 4.13. The molecule has 0 saturated carbocycles. The summed E-state index contributed by atoms with van der Waals surface area (Å²) in [5.74, 6) is -1.93. The first-order valence-corrected chi connectivity index (χ1v) is 9.38. The molecule has 2 N–H and O–H groups in total. The van der Waals surface area contributed by atoms with Crippen LogP contribution in [0.15, 0.2) is 30.3 Å². The molecule has 2 aromatic rings. The van der Waals surface area contributed by atoms with Gasteiger partial charge in [-0.05, 0) is 49.4 Å². The number of nitro benzene ring substituents is 1. The molecule has 146 valence electrons. The molecule has 28 heavy (non-hydrogen) atoms. The van der Waals surface area contributed by atoms with Gasteiger partial charge >= 0.3 is 5.97 Å². The van der Waals surface area contributed by atoms with Crippen LogP contribution in [0.1, 0.15) is 43.3 Å². The maximum Gasteiger partial charge on any atom is 0.348 e. The molecule has 0 saturated heterocycles. The topological polar surface area (TPSA) is 128 Å². The lowest BCUT2D eigenvalue weighted by Gasteiger charge is -2.08. The van der Waals surface area contributed by atoms with Crippen molar-refractivity contribution in [3.63, 3.8) is 0 Å². The molecule has 1 aromatic heterocycles. The molecule has 0 radical (unpaired) electrons. The van der Waals surface area contributed by atoms with Gasteiger partial charge in [0.05, 0.1) is 4.92 Å². The van der Waals surface area contributed by atoms with Gasteiger partial charge in [-0.15, -0.1) is 11.3 Å². The van der Waals surface area contributed by atoms with Crippen LogP contribution in [0.4, 0.5) is 5.69 Å². The predicted molar refractivity (Wildman–Crippen MR) is 99.9 cm³/mol. The Hall–Kier alpha value is -3.27. The highest BCUT2D eigenvalue weighted by atomic mass is 32.1. The maximum atomic E-state index is 12.1. The van der Waals surface area contributed by atoms with Gasteiger partial charge < -0.3 is 4.74 Å². The number of carbonyl (C=O) groups is 3. The molecule has 0 spiro atoms. The van der Waals surface area contributed by atoms with E-state index in [0.717, 1.165) is 25.7 Å². The van der Waals surface area contributed by atoms with Gasteiger partial charge in [0, 0.05) is 22.6 Å². The van der Waals surface area contributed by atoms with Crippen molar-refractivity contribution in [2.45, 2.75) is 25.7 Å². The van der Waals surface area contributed by atoms with Crippen molar-refractivity contribution < 1.29 is 24.0 Å². The molecule has 1 aliphatic carbocycles. The number of esters is 1. The average Bonchev–Trinajstić information content (AvgIpc) is 3.14. The lowest BCUT2D eigenvalue weighted by molar-refractivity contribution is -0.384. The lowest BCUT2D eigenvalue weighted by Crippen LogP contribution is -2.43. The van der Waals surface area contributed by atoms with Gasteiger partial charge in [0.1, 0.15) is 4.88 Å². The number of amides is 2. The van der Waals surface area contributed by atoms with Crippen molar-refractivity contribution in [3.8, 4) is 0 Å². The third-order valence-electron chi connectivity index (χ3n) is 4.19. The van der Waals surface area contributed by atoms with Crippen LogP contribution in [0.2, 0.25) is 0 Å². The Kier molecular flexibility index (Phi) is 5.99. The van der Waals surface area contributed by atoms with Gasteiger partial charge in [-0.2, -0.15) is 0 Å². The van der Waals surface area contributed by atoms with Crippen molar-refractivity contribution in [3.05, 3.63) is 61.3 Å². The zero-order valence-corrected chi connectivity index (χ0v) is 15.5. The number of ether oxygens (including phenoxy) is 1. The zero-order valence-electron chi connectivity index (χ0n) is 14.7. The fourth-order valence-electron chi connectivity index (χ4n) is 2.76. The summed E-state index contributed by atoms with van der Waals surface area (Å²) in [6, 6.07) is 6.70. The minimum Gasteiger partial charge on any atom is -0.451 e. The number of hydrogen-bond donors (Lipinski definition) is 2. The summed E-state index contributed by atoms with van der Waals surface area (Å²) in [4.78, 5) is 47.4. The van der Waals surface area contributed by atoms with E-state index in [1.54, 1.807) is 0 Å². The smallest absolute Gasteiger partial charge is 0.348 e. The van der Waals surface area contributed by atoms with Crippen LogP contribution in [0.5, 0.6) is 0 Å². The lowest BCUT2D eigenvalue weighted by atomic mass is 9.99. The fourth-order valence-corrected chi connectivity index (χ4v) is 3.91. The van der Waals surface area contributed by atoms with Gasteiger partial charge in [0.15, 0.2) is 6.61 Å². The Bertz CT molecular complexity index is 898. The van der Waals surface area contributed by atoms with Crippen molar-refractivity contribution in [1.29, 1.82) is 0 Å². The van der Waals surface area contributed by atoms with Crippen LogP contribution in [0.3, 0.4) is 0 Å². The summed E-state index contributed by atoms with van der Waals surface area (Å²) in [5.41, 5.74) is 5.43. The van der Waals surface area contributed by atoms with Gasteiger partial charge in [0.2, 0.25) is 0 Å². The molecule has 1 heterocycles. The van der Waals surface area contributed by atoms with Crippen molar-refractivity contribution in [2.24, 2.45) is 0 Å². The fraction of sp³-hybridized carbons (Fsp3) is 0.278. The standard InChI is InChI=1S/C18H17N3O6S/c22-16(19-20-17(23)11-5-7-13(8-6-11)21(25)26)10-27-18(24)15-9-12-3-1-2-4-14(12)28-15/h5-9H,1-4,10H2,(H,19,22)(H,20,23). The number of rotatable bonds is 5. The Morgan fingerprint density at radius 2 is 1.82 bits per heavy atom. The Morgan fingerprint density at radius 3 is 2.50 bits per heavy atom. The molecule has 2 amide bonds. The number of thiophene rings is 1. The van der Waals surface area contributed by atoms with E-state index in [2.05, 4.69) is 10.9 Å². The monoisotopic (exact) mass is 403 g/mol. The highest BCUT2D eigenvalue weighted by Crippen LogP contribution is 2.29. The maximum absolute atomic E-state index is 12.1. The minimum atomic E-state index is -0.704. The average molecular weight is 403 g/mol. The first-order valence-electron chi connectivity index (χ1n) is 8.56. The van der Waals surface area contributed by atoms with Crippen molar-refractivity contribution in [1.82, 2.24) is 10.9 Å². The molecule has 0 atom stereocenters. The van der Waals surface area contributed by atoms with Crippen LogP contribution in [-0.4, -0.2) is 29.3 Å². The van der Waals surface area contributed by atoms with Crippen LogP contribution < -0.4 is 10.9 Å². The summed E-state index contributed by atoms with van der Waals surface area (Å²) in [7, 11) is 0. The number of aryl methyl sites for hydroxylation is 2. The number of benzene rings is 1. The molecule has 1 aromatic carbocycles. The number of hydrazine groups is 1.